The highest BCUT2D eigenvalue weighted by Crippen LogP contribution is 2.39. The van der Waals surface area contributed by atoms with E-state index in [-0.39, 0.29) is 41.7 Å². The zero-order chi connectivity index (χ0) is 24.0. The van der Waals surface area contributed by atoms with Crippen LogP contribution in [0.2, 0.25) is 0 Å². The summed E-state index contributed by atoms with van der Waals surface area (Å²) < 4.78 is 15.7. The van der Waals surface area contributed by atoms with Gasteiger partial charge in [-0.3, -0.25) is 9.48 Å². The summed E-state index contributed by atoms with van der Waals surface area (Å²) in [5, 5.41) is 20.8. The summed E-state index contributed by atoms with van der Waals surface area (Å²) in [6.45, 7) is 6.02. The molecule has 0 aliphatic carbocycles. The van der Waals surface area contributed by atoms with Crippen LogP contribution in [0.3, 0.4) is 0 Å². The molecule has 10 heteroatoms. The first kappa shape index (κ1) is 22.3. The van der Waals surface area contributed by atoms with Gasteiger partial charge in [0.2, 0.25) is 0 Å². The molecule has 3 aromatic rings. The highest BCUT2D eigenvalue weighted by atomic mass is 19.1. The van der Waals surface area contributed by atoms with Gasteiger partial charge in [0, 0.05) is 48.9 Å². The number of halogens is 1. The van der Waals surface area contributed by atoms with Gasteiger partial charge in [-0.25, -0.2) is 14.4 Å². The molecule has 0 unspecified atom stereocenters. The molecule has 5 rings (SSSR count). The molecule has 2 aromatic heterocycles. The Kier molecular flexibility index (Phi) is 5.47. The number of carbonyl (C=O) groups is 1. The number of aromatic hydroxyl groups is 1. The van der Waals surface area contributed by atoms with Crippen molar-refractivity contribution in [1.82, 2.24) is 30.4 Å². The van der Waals surface area contributed by atoms with E-state index >= 15 is 0 Å². The Balaban J connectivity index is 1.45. The normalized spacial score (nSPS) is 21.3. The molecule has 1 fully saturated rings. The number of hydrogen-bond acceptors (Lipinski definition) is 7. The first-order chi connectivity index (χ1) is 16.2. The molecule has 0 spiro atoms. The van der Waals surface area contributed by atoms with Gasteiger partial charge in [-0.1, -0.05) is 19.9 Å². The van der Waals surface area contributed by atoms with Crippen LogP contribution >= 0.6 is 0 Å². The maximum absolute atomic E-state index is 13.7. The van der Waals surface area contributed by atoms with Gasteiger partial charge in [0.25, 0.3) is 5.91 Å². The summed E-state index contributed by atoms with van der Waals surface area (Å²) in [6, 6.07) is 4.89. The van der Waals surface area contributed by atoms with E-state index in [1.54, 1.807) is 6.07 Å². The lowest BCUT2D eigenvalue weighted by atomic mass is 9.89. The minimum Gasteiger partial charge on any atom is -0.507 e. The third-order valence-corrected chi connectivity index (χ3v) is 6.40. The van der Waals surface area contributed by atoms with Crippen LogP contribution in [0.1, 0.15) is 36.5 Å². The number of nitrogens with two attached hydrogens (primary N) is 1. The zero-order valence-electron chi connectivity index (χ0n) is 19.2. The second-order valence-electron chi connectivity index (χ2n) is 9.89. The van der Waals surface area contributed by atoms with Gasteiger partial charge in [0.05, 0.1) is 18.1 Å². The Labute approximate surface area is 196 Å². The summed E-state index contributed by atoms with van der Waals surface area (Å²) in [7, 11) is 0. The van der Waals surface area contributed by atoms with Gasteiger partial charge in [-0.15, -0.1) is 0 Å². The smallest absolute Gasteiger partial charge is 0.274 e. The van der Waals surface area contributed by atoms with Crippen LogP contribution in [-0.4, -0.2) is 56.1 Å². The highest BCUT2D eigenvalue weighted by molar-refractivity contribution is 5.97. The van der Waals surface area contributed by atoms with Gasteiger partial charge < -0.3 is 21.5 Å². The number of carbonyl (C=O) groups excluding carboxylic acids is 1. The average molecular weight is 466 g/mol. The standard InChI is InChI=1S/C24H28FN7O2/c1-24(2)7-19-17(10-29-32(19)12-24)13-3-4-20(33)16(5-13)18-11-28-22(26)21(31-18)23(34)30-15-6-14(25)8-27-9-15/h3-5,10-11,14-15,27,33H,6-9,12H2,1-2H3,(H2,26,28)(H,30,34)/t14-,15-/m0/s1. The number of amides is 1. The number of alkyl halides is 1. The molecule has 0 saturated carbocycles. The molecular weight excluding hydrogens is 437 g/mol. The Morgan fingerprint density at radius 1 is 1.29 bits per heavy atom. The van der Waals surface area contributed by atoms with Gasteiger partial charge in [-0.2, -0.15) is 5.10 Å². The van der Waals surface area contributed by atoms with Crippen molar-refractivity contribution in [2.45, 2.75) is 45.4 Å². The number of rotatable bonds is 4. The molecule has 9 nitrogen and oxygen atoms in total. The number of hydrogen-bond donors (Lipinski definition) is 4. The van der Waals surface area contributed by atoms with E-state index in [1.807, 2.05) is 23.0 Å². The van der Waals surface area contributed by atoms with Crippen molar-refractivity contribution < 1.29 is 14.3 Å². The summed E-state index contributed by atoms with van der Waals surface area (Å²) in [5.41, 5.74) is 9.79. The fourth-order valence-corrected chi connectivity index (χ4v) is 4.75. The number of benzene rings is 1. The number of aromatic nitrogens is 4. The number of fused-ring (bicyclic) bond motifs is 1. The molecule has 0 bridgehead atoms. The second kappa shape index (κ2) is 8.35. The van der Waals surface area contributed by atoms with E-state index in [0.717, 1.165) is 29.8 Å². The van der Waals surface area contributed by atoms with Crippen molar-refractivity contribution in [3.8, 4) is 28.1 Å². The molecular formula is C24H28FN7O2. The number of nitrogens with zero attached hydrogens (tertiary/aromatic N) is 4. The van der Waals surface area contributed by atoms with Crippen LogP contribution in [0.5, 0.6) is 5.75 Å². The molecule has 34 heavy (non-hydrogen) atoms. The van der Waals surface area contributed by atoms with Gasteiger partial charge in [0.1, 0.15) is 11.9 Å². The second-order valence-corrected chi connectivity index (χ2v) is 9.89. The number of phenolic OH excluding ortho intramolecular Hbond substituents is 1. The van der Waals surface area contributed by atoms with Crippen LogP contribution in [-0.2, 0) is 13.0 Å². The lowest BCUT2D eigenvalue weighted by Crippen LogP contribution is -2.49. The monoisotopic (exact) mass is 465 g/mol. The third kappa shape index (κ3) is 4.21. The predicted octanol–water partition coefficient (Wildman–Crippen LogP) is 2.31. The minimum atomic E-state index is -1.02. The quantitative estimate of drug-likeness (QED) is 0.465. The van der Waals surface area contributed by atoms with E-state index in [4.69, 9.17) is 5.73 Å². The maximum Gasteiger partial charge on any atom is 0.274 e. The zero-order valence-corrected chi connectivity index (χ0v) is 19.2. The fourth-order valence-electron chi connectivity index (χ4n) is 4.75. The number of piperidine rings is 1. The van der Waals surface area contributed by atoms with Crippen molar-refractivity contribution in [3.05, 3.63) is 42.0 Å². The van der Waals surface area contributed by atoms with Gasteiger partial charge in [-0.05, 0) is 29.5 Å². The van der Waals surface area contributed by atoms with E-state index < -0.39 is 12.1 Å². The number of nitrogen functional groups attached to an aromatic ring is 1. The molecule has 1 amide bonds. The maximum atomic E-state index is 13.7. The van der Waals surface area contributed by atoms with Crippen LogP contribution in [0, 0.1) is 5.41 Å². The fraction of sp³-hybridized carbons (Fsp3) is 0.417. The number of anilines is 1. The molecule has 4 heterocycles. The summed E-state index contributed by atoms with van der Waals surface area (Å²) in [6.07, 6.45) is 3.37. The van der Waals surface area contributed by atoms with Crippen molar-refractivity contribution in [1.29, 1.82) is 0 Å². The molecule has 1 aromatic carbocycles. The van der Waals surface area contributed by atoms with Gasteiger partial charge in [0.15, 0.2) is 11.5 Å². The number of nitrogens with one attached hydrogen (secondary N) is 2. The molecule has 2 aliphatic rings. The lowest BCUT2D eigenvalue weighted by Gasteiger charge is -2.26. The molecule has 2 aliphatic heterocycles. The largest absolute Gasteiger partial charge is 0.507 e. The van der Waals surface area contributed by atoms with Gasteiger partial charge >= 0.3 is 0 Å². The minimum absolute atomic E-state index is 0.00933. The van der Waals surface area contributed by atoms with Crippen molar-refractivity contribution >= 4 is 11.7 Å². The Bertz CT molecular complexity index is 1260. The van der Waals surface area contributed by atoms with E-state index in [2.05, 4.69) is 39.5 Å². The first-order valence-electron chi connectivity index (χ1n) is 11.4. The highest BCUT2D eigenvalue weighted by Gasteiger charge is 2.32. The summed E-state index contributed by atoms with van der Waals surface area (Å²) in [5.74, 6) is -0.552. The van der Waals surface area contributed by atoms with Crippen molar-refractivity contribution in [2.24, 2.45) is 5.41 Å². The van der Waals surface area contributed by atoms with E-state index in [9.17, 15) is 14.3 Å². The Morgan fingerprint density at radius 2 is 2.12 bits per heavy atom. The van der Waals surface area contributed by atoms with Crippen molar-refractivity contribution in [3.63, 3.8) is 0 Å². The van der Waals surface area contributed by atoms with Crippen LogP contribution in [0.4, 0.5) is 10.2 Å². The summed E-state index contributed by atoms with van der Waals surface area (Å²) >= 11 is 0. The van der Waals surface area contributed by atoms with Crippen LogP contribution in [0.25, 0.3) is 22.4 Å². The summed E-state index contributed by atoms with van der Waals surface area (Å²) in [4.78, 5) is 21.4. The Hall–Kier alpha value is -3.53. The predicted molar refractivity (Wildman–Crippen MR) is 126 cm³/mol. The van der Waals surface area contributed by atoms with E-state index in [0.29, 0.717) is 17.8 Å². The van der Waals surface area contributed by atoms with Crippen molar-refractivity contribution in [2.75, 3.05) is 18.8 Å². The molecule has 0 radical (unpaired) electrons. The lowest BCUT2D eigenvalue weighted by molar-refractivity contribution is 0.0914. The molecule has 178 valence electrons. The molecule has 5 N–H and O–H groups in total. The Morgan fingerprint density at radius 3 is 2.91 bits per heavy atom. The molecule has 1 saturated heterocycles. The van der Waals surface area contributed by atoms with Crippen LogP contribution < -0.4 is 16.4 Å². The SMILES string of the molecule is CC1(C)Cc2c(-c3ccc(O)c(-c4cnc(N)c(C(=O)N[C@@H]5CNC[C@@H](F)C5)n4)c3)cnn2C1. The average Bonchev–Trinajstić information content (AvgIpc) is 3.29. The van der Waals surface area contributed by atoms with Crippen LogP contribution in [0.15, 0.2) is 30.6 Å². The van der Waals surface area contributed by atoms with E-state index in [1.165, 1.54) is 6.20 Å². The third-order valence-electron chi connectivity index (χ3n) is 6.40. The topological polar surface area (TPSA) is 131 Å². The first-order valence-corrected chi connectivity index (χ1v) is 11.4. The number of phenols is 1. The molecule has 2 atom stereocenters.